The SMILES string of the molecule is CCOC(=O)c1c(NC(=O)c2ccc(NS(=O)(=O)CC)cc2)sc2c1CCCC2. The molecule has 0 fully saturated rings. The first-order valence-corrected chi connectivity index (χ1v) is 12.0. The molecule has 0 atom stereocenters. The number of hydrogen-bond donors (Lipinski definition) is 2. The molecule has 0 aliphatic heterocycles. The van der Waals surface area contributed by atoms with Gasteiger partial charge in [0.2, 0.25) is 10.0 Å². The standard InChI is InChI=1S/C20H24N2O5S2/c1-3-27-20(24)17-15-7-5-6-8-16(15)28-19(17)21-18(23)13-9-11-14(12-10-13)22-29(25,26)4-2/h9-12,22H,3-8H2,1-2H3,(H,21,23). The Bertz CT molecular complexity index is 1010. The lowest BCUT2D eigenvalue weighted by atomic mass is 9.95. The molecule has 2 aromatic rings. The Kier molecular flexibility index (Phi) is 6.59. The highest BCUT2D eigenvalue weighted by atomic mass is 32.2. The summed E-state index contributed by atoms with van der Waals surface area (Å²) < 4.78 is 30.9. The smallest absolute Gasteiger partial charge is 0.341 e. The van der Waals surface area contributed by atoms with Gasteiger partial charge in [-0.2, -0.15) is 0 Å². The van der Waals surface area contributed by atoms with Crippen LogP contribution in [0.25, 0.3) is 0 Å². The average molecular weight is 437 g/mol. The van der Waals surface area contributed by atoms with E-state index in [1.54, 1.807) is 26.0 Å². The second-order valence-electron chi connectivity index (χ2n) is 6.67. The zero-order valence-electron chi connectivity index (χ0n) is 16.4. The highest BCUT2D eigenvalue weighted by Crippen LogP contribution is 2.38. The minimum absolute atomic E-state index is 0.0328. The van der Waals surface area contributed by atoms with Crippen LogP contribution >= 0.6 is 11.3 Å². The number of amides is 1. The predicted molar refractivity (Wildman–Crippen MR) is 114 cm³/mol. The first-order valence-electron chi connectivity index (χ1n) is 9.58. The molecule has 1 amide bonds. The maximum absolute atomic E-state index is 12.7. The molecular formula is C20H24N2O5S2. The van der Waals surface area contributed by atoms with Crippen LogP contribution in [0.1, 0.15) is 57.8 Å². The van der Waals surface area contributed by atoms with E-state index in [2.05, 4.69) is 10.0 Å². The van der Waals surface area contributed by atoms with E-state index in [-0.39, 0.29) is 18.3 Å². The number of rotatable bonds is 7. The van der Waals surface area contributed by atoms with E-state index >= 15 is 0 Å². The fourth-order valence-corrected chi connectivity index (χ4v) is 5.10. The molecule has 0 saturated carbocycles. The number of thiophene rings is 1. The molecule has 1 heterocycles. The zero-order chi connectivity index (χ0) is 21.0. The van der Waals surface area contributed by atoms with Crippen molar-refractivity contribution in [3.05, 3.63) is 45.8 Å². The van der Waals surface area contributed by atoms with Gasteiger partial charge >= 0.3 is 5.97 Å². The van der Waals surface area contributed by atoms with Crippen molar-refractivity contribution in [3.8, 4) is 0 Å². The van der Waals surface area contributed by atoms with Crippen LogP contribution in [-0.4, -0.2) is 32.7 Å². The van der Waals surface area contributed by atoms with Crippen LogP contribution in [-0.2, 0) is 27.6 Å². The Balaban J connectivity index is 1.82. The number of carbonyl (C=O) groups is 2. The number of esters is 1. The van der Waals surface area contributed by atoms with Gasteiger partial charge in [0.25, 0.3) is 5.91 Å². The molecule has 29 heavy (non-hydrogen) atoms. The number of fused-ring (bicyclic) bond motifs is 1. The third kappa shape index (κ3) is 4.97. The van der Waals surface area contributed by atoms with Crippen LogP contribution in [0.5, 0.6) is 0 Å². The predicted octanol–water partition coefficient (Wildman–Crippen LogP) is 3.82. The molecule has 0 unspecified atom stereocenters. The molecule has 1 aliphatic rings. The van der Waals surface area contributed by atoms with Gasteiger partial charge < -0.3 is 10.1 Å². The summed E-state index contributed by atoms with van der Waals surface area (Å²) in [6.45, 7) is 3.57. The number of nitrogens with one attached hydrogen (secondary N) is 2. The van der Waals surface area contributed by atoms with Gasteiger partial charge in [-0.05, 0) is 69.4 Å². The van der Waals surface area contributed by atoms with Gasteiger partial charge in [-0.15, -0.1) is 11.3 Å². The van der Waals surface area contributed by atoms with Gasteiger partial charge in [0, 0.05) is 16.1 Å². The summed E-state index contributed by atoms with van der Waals surface area (Å²) >= 11 is 1.43. The van der Waals surface area contributed by atoms with Crippen LogP contribution in [0.4, 0.5) is 10.7 Å². The number of hydrogen-bond acceptors (Lipinski definition) is 6. The van der Waals surface area contributed by atoms with Crippen LogP contribution in [0.15, 0.2) is 24.3 Å². The fraction of sp³-hybridized carbons (Fsp3) is 0.400. The van der Waals surface area contributed by atoms with Gasteiger partial charge in [-0.3, -0.25) is 9.52 Å². The van der Waals surface area contributed by atoms with Gasteiger partial charge in [-0.25, -0.2) is 13.2 Å². The Labute approximate surface area is 174 Å². The van der Waals surface area contributed by atoms with Gasteiger partial charge in [-0.1, -0.05) is 0 Å². The lowest BCUT2D eigenvalue weighted by Crippen LogP contribution is -2.16. The van der Waals surface area contributed by atoms with Crippen molar-refractivity contribution in [2.45, 2.75) is 39.5 Å². The van der Waals surface area contributed by atoms with Crippen LogP contribution in [0, 0.1) is 0 Å². The van der Waals surface area contributed by atoms with Gasteiger partial charge in [0.05, 0.1) is 17.9 Å². The number of sulfonamides is 1. The minimum atomic E-state index is -3.38. The van der Waals surface area contributed by atoms with Crippen LogP contribution in [0.3, 0.4) is 0 Å². The Morgan fingerprint density at radius 3 is 2.45 bits per heavy atom. The first kappa shape index (κ1) is 21.3. The minimum Gasteiger partial charge on any atom is -0.462 e. The third-order valence-corrected chi connectivity index (χ3v) is 7.19. The summed E-state index contributed by atoms with van der Waals surface area (Å²) in [6, 6.07) is 6.16. The van der Waals surface area contributed by atoms with E-state index in [1.807, 2.05) is 0 Å². The number of aryl methyl sites for hydroxylation is 1. The number of ether oxygens (including phenoxy) is 1. The van der Waals surface area contributed by atoms with Crippen molar-refractivity contribution >= 4 is 43.9 Å². The number of carbonyl (C=O) groups excluding carboxylic acids is 2. The number of benzene rings is 1. The van der Waals surface area contributed by atoms with Gasteiger partial charge in [0.15, 0.2) is 0 Å². The molecule has 3 rings (SSSR count). The molecule has 1 aliphatic carbocycles. The van der Waals surface area contributed by atoms with Crippen LogP contribution < -0.4 is 10.0 Å². The van der Waals surface area contributed by atoms with Crippen molar-refractivity contribution < 1.29 is 22.7 Å². The number of anilines is 2. The Hall–Kier alpha value is -2.39. The monoisotopic (exact) mass is 436 g/mol. The van der Waals surface area contributed by atoms with Crippen molar-refractivity contribution in [2.75, 3.05) is 22.4 Å². The molecule has 0 radical (unpaired) electrons. The second-order valence-corrected chi connectivity index (χ2v) is 9.79. The summed E-state index contributed by atoms with van der Waals surface area (Å²) in [4.78, 5) is 26.3. The van der Waals surface area contributed by atoms with Crippen molar-refractivity contribution in [3.63, 3.8) is 0 Å². The van der Waals surface area contributed by atoms with E-state index in [0.717, 1.165) is 36.1 Å². The molecule has 1 aromatic heterocycles. The summed E-state index contributed by atoms with van der Waals surface area (Å²) in [5.74, 6) is -0.805. The summed E-state index contributed by atoms with van der Waals surface area (Å²) in [6.07, 6.45) is 3.79. The molecule has 0 saturated heterocycles. The lowest BCUT2D eigenvalue weighted by molar-refractivity contribution is 0.0526. The molecule has 2 N–H and O–H groups in total. The van der Waals surface area contributed by atoms with Crippen molar-refractivity contribution in [1.29, 1.82) is 0 Å². The largest absolute Gasteiger partial charge is 0.462 e. The van der Waals surface area contributed by atoms with Crippen LogP contribution in [0.2, 0.25) is 0 Å². The highest BCUT2D eigenvalue weighted by molar-refractivity contribution is 7.92. The topological polar surface area (TPSA) is 102 Å². The zero-order valence-corrected chi connectivity index (χ0v) is 18.0. The molecule has 0 bridgehead atoms. The average Bonchev–Trinajstić information content (AvgIpc) is 3.06. The maximum Gasteiger partial charge on any atom is 0.341 e. The normalized spacial score (nSPS) is 13.4. The molecule has 156 valence electrons. The van der Waals surface area contributed by atoms with Crippen molar-refractivity contribution in [2.24, 2.45) is 0 Å². The molecular weight excluding hydrogens is 412 g/mol. The van der Waals surface area contributed by atoms with Crippen molar-refractivity contribution in [1.82, 2.24) is 0 Å². The first-order chi connectivity index (χ1) is 13.8. The Morgan fingerprint density at radius 2 is 1.79 bits per heavy atom. The maximum atomic E-state index is 12.7. The highest BCUT2D eigenvalue weighted by Gasteiger charge is 2.27. The fourth-order valence-electron chi connectivity index (χ4n) is 3.19. The second kappa shape index (κ2) is 8.96. The van der Waals surface area contributed by atoms with E-state index < -0.39 is 16.0 Å². The Morgan fingerprint density at radius 1 is 1.10 bits per heavy atom. The molecule has 0 spiro atoms. The van der Waals surface area contributed by atoms with E-state index in [9.17, 15) is 18.0 Å². The van der Waals surface area contributed by atoms with E-state index in [4.69, 9.17) is 4.74 Å². The lowest BCUT2D eigenvalue weighted by Gasteiger charge is -2.12. The van der Waals surface area contributed by atoms with E-state index in [1.165, 1.54) is 23.5 Å². The van der Waals surface area contributed by atoms with Gasteiger partial charge in [0.1, 0.15) is 5.00 Å². The van der Waals surface area contributed by atoms with E-state index in [0.29, 0.717) is 21.8 Å². The molecule has 1 aromatic carbocycles. The quantitative estimate of drug-likeness (QED) is 0.643. The summed E-state index contributed by atoms with van der Waals surface area (Å²) in [7, 11) is -3.38. The molecule has 9 heteroatoms. The molecule has 7 nitrogen and oxygen atoms in total. The summed E-state index contributed by atoms with van der Waals surface area (Å²) in [5.41, 5.74) is 2.21. The summed E-state index contributed by atoms with van der Waals surface area (Å²) in [5, 5.41) is 3.35. The third-order valence-electron chi connectivity index (χ3n) is 4.68.